The van der Waals surface area contributed by atoms with E-state index < -0.39 is 29.0 Å². The number of hydrogen-bond donors (Lipinski definition) is 0. The van der Waals surface area contributed by atoms with Crippen LogP contribution in [-0.4, -0.2) is 35.4 Å². The highest BCUT2D eigenvalue weighted by Gasteiger charge is 2.41. The fourth-order valence-electron chi connectivity index (χ4n) is 9.93. The summed E-state index contributed by atoms with van der Waals surface area (Å²) in [6.45, 7) is 14.3. The number of anilines is 3. The molecule has 0 atom stereocenters. The highest BCUT2D eigenvalue weighted by atomic mass is 16.5. The summed E-state index contributed by atoms with van der Waals surface area (Å²) in [7, 11) is 0. The number of rotatable bonds is 11. The number of nitrogens with zero attached hydrogens (tertiary/aromatic N) is 3. The lowest BCUT2D eigenvalue weighted by atomic mass is 9.78. The van der Waals surface area contributed by atoms with Gasteiger partial charge in [0.05, 0.1) is 50.4 Å². The van der Waals surface area contributed by atoms with Gasteiger partial charge >= 0.3 is 0 Å². The number of carbonyl (C=O) groups is 6. The molecule has 0 fully saturated rings. The summed E-state index contributed by atoms with van der Waals surface area (Å²) in [5.74, 6) is -0.128. The largest absolute Gasteiger partial charge is 0.457 e. The Kier molecular flexibility index (Phi) is 11.5. The molecule has 0 bridgehead atoms. The summed E-state index contributed by atoms with van der Waals surface area (Å²) in [6, 6.07) is 49.3. The molecule has 0 aromatic heterocycles. The van der Waals surface area contributed by atoms with E-state index in [2.05, 4.69) is 34.6 Å². The van der Waals surface area contributed by atoms with Crippen LogP contribution >= 0.6 is 0 Å². The number of benzene rings is 8. The Balaban J connectivity index is 0.738. The van der Waals surface area contributed by atoms with Crippen LogP contribution in [0.25, 0.3) is 0 Å². The van der Waals surface area contributed by atoms with Gasteiger partial charge < -0.3 is 14.2 Å². The van der Waals surface area contributed by atoms with Crippen molar-refractivity contribution in [3.05, 3.63) is 231 Å². The molecule has 12 nitrogen and oxygen atoms in total. The van der Waals surface area contributed by atoms with Crippen molar-refractivity contribution >= 4 is 52.5 Å². The minimum Gasteiger partial charge on any atom is -0.457 e. The number of fused-ring (bicyclic) bond motifs is 3. The smallest absolute Gasteiger partial charge is 0.266 e. The number of hydrogen-bond acceptors (Lipinski definition) is 9. The normalized spacial score (nSPS) is 14.1. The van der Waals surface area contributed by atoms with E-state index in [9.17, 15) is 28.8 Å². The standard InChI is InChI=1S/C63H49N3O9/c1-36-10-8-11-37(2)55(36)66-58(69)51-31-28-48(35-54(51)61(66)72)75-45-24-18-40(19-25-45)63(6,7)39-16-22-44(23-17-39)74-47-27-30-50-53(34-47)60(71)65(57(50)68)42-13-9-12-41(32-42)64-56(67)49-29-26-46(33-52(49)59(64)70)73-43-20-14-38(15-21-43)62(3,4)5/h8-35H,1-7H3. The second kappa shape index (κ2) is 18.0. The first-order valence-electron chi connectivity index (χ1n) is 24.5. The fourth-order valence-corrected chi connectivity index (χ4v) is 9.93. The molecular weight excluding hydrogens is 943 g/mol. The van der Waals surface area contributed by atoms with Crippen LogP contribution in [0.3, 0.4) is 0 Å². The Morgan fingerprint density at radius 1 is 0.320 bits per heavy atom. The highest BCUT2D eigenvalue weighted by Crippen LogP contribution is 2.40. The van der Waals surface area contributed by atoms with E-state index in [0.29, 0.717) is 51.3 Å². The van der Waals surface area contributed by atoms with Crippen molar-refractivity contribution in [3.63, 3.8) is 0 Å². The van der Waals surface area contributed by atoms with Gasteiger partial charge in [0.25, 0.3) is 35.4 Å². The van der Waals surface area contributed by atoms with E-state index in [0.717, 1.165) is 37.6 Å². The molecule has 0 saturated heterocycles. The Labute approximate surface area is 433 Å². The third kappa shape index (κ3) is 8.39. The molecule has 0 radical (unpaired) electrons. The molecule has 0 N–H and O–H groups in total. The van der Waals surface area contributed by atoms with Gasteiger partial charge in [-0.05, 0) is 156 Å². The number of aryl methyl sites for hydroxylation is 2. The molecule has 3 aliphatic heterocycles. The van der Waals surface area contributed by atoms with Gasteiger partial charge in [-0.2, -0.15) is 0 Å². The molecule has 3 heterocycles. The molecule has 75 heavy (non-hydrogen) atoms. The maximum atomic E-state index is 14.0. The number of amides is 6. The Hall–Kier alpha value is -9.42. The summed E-state index contributed by atoms with van der Waals surface area (Å²) >= 11 is 0. The van der Waals surface area contributed by atoms with Crippen LogP contribution in [-0.2, 0) is 10.8 Å². The third-order valence-electron chi connectivity index (χ3n) is 14.2. The van der Waals surface area contributed by atoms with Gasteiger partial charge in [-0.15, -0.1) is 0 Å². The Morgan fingerprint density at radius 2 is 0.627 bits per heavy atom. The van der Waals surface area contributed by atoms with Crippen molar-refractivity contribution in [2.24, 2.45) is 0 Å². The molecule has 11 rings (SSSR count). The first kappa shape index (κ1) is 47.9. The summed E-state index contributed by atoms with van der Waals surface area (Å²) in [4.78, 5) is 85.6. The van der Waals surface area contributed by atoms with Gasteiger partial charge in [-0.25, -0.2) is 14.7 Å². The lowest BCUT2D eigenvalue weighted by molar-refractivity contribution is 0.0909. The second-order valence-electron chi connectivity index (χ2n) is 20.5. The summed E-state index contributed by atoms with van der Waals surface area (Å²) in [6.07, 6.45) is 0. The average molecular weight is 992 g/mol. The zero-order valence-electron chi connectivity index (χ0n) is 42.2. The van der Waals surface area contributed by atoms with E-state index >= 15 is 0 Å². The van der Waals surface area contributed by atoms with Crippen molar-refractivity contribution in [3.8, 4) is 34.5 Å². The zero-order valence-corrected chi connectivity index (χ0v) is 42.2. The van der Waals surface area contributed by atoms with Crippen molar-refractivity contribution in [2.75, 3.05) is 14.7 Å². The van der Waals surface area contributed by atoms with Crippen LogP contribution in [0.15, 0.2) is 170 Å². The van der Waals surface area contributed by atoms with Gasteiger partial charge in [0.15, 0.2) is 0 Å². The van der Waals surface area contributed by atoms with Crippen LogP contribution in [0.4, 0.5) is 17.1 Å². The number of para-hydroxylation sites is 1. The Morgan fingerprint density at radius 3 is 1.00 bits per heavy atom. The van der Waals surface area contributed by atoms with Crippen LogP contribution in [0.2, 0.25) is 0 Å². The maximum Gasteiger partial charge on any atom is 0.266 e. The lowest BCUT2D eigenvalue weighted by Gasteiger charge is -2.26. The minimum absolute atomic E-state index is 0.0265. The SMILES string of the molecule is Cc1cccc(C)c1N1C(=O)c2ccc(Oc3ccc(C(C)(C)c4ccc(Oc5ccc6c(c5)C(=O)N(c5cccc(N7C(=O)c8ccc(Oc9ccc(C(C)(C)C)cc9)cc8C7=O)c5)C6=O)cc4)cc3)cc2C1=O. The minimum atomic E-state index is -0.579. The molecule has 370 valence electrons. The molecule has 3 aliphatic rings. The van der Waals surface area contributed by atoms with Crippen molar-refractivity contribution in [2.45, 2.75) is 59.3 Å². The molecular formula is C63H49N3O9. The monoisotopic (exact) mass is 991 g/mol. The van der Waals surface area contributed by atoms with Crippen LogP contribution in [0.5, 0.6) is 34.5 Å². The third-order valence-corrected chi connectivity index (χ3v) is 14.2. The number of imide groups is 3. The Bertz CT molecular complexity index is 3720. The molecule has 8 aromatic carbocycles. The topological polar surface area (TPSA) is 140 Å². The summed E-state index contributed by atoms with van der Waals surface area (Å²) in [5.41, 5.74) is 6.71. The first-order chi connectivity index (χ1) is 35.8. The van der Waals surface area contributed by atoms with Gasteiger partial charge in [-0.1, -0.05) is 95.3 Å². The average Bonchev–Trinajstić information content (AvgIpc) is 3.92. The van der Waals surface area contributed by atoms with E-state index in [1.54, 1.807) is 66.7 Å². The van der Waals surface area contributed by atoms with Crippen molar-refractivity contribution in [1.82, 2.24) is 0 Å². The number of carbonyl (C=O) groups excluding carboxylic acids is 6. The maximum absolute atomic E-state index is 14.0. The molecule has 8 aromatic rings. The molecule has 6 amide bonds. The van der Waals surface area contributed by atoms with E-state index in [1.165, 1.54) is 17.0 Å². The molecule has 0 unspecified atom stereocenters. The predicted octanol–water partition coefficient (Wildman–Crippen LogP) is 13.7. The second-order valence-corrected chi connectivity index (χ2v) is 20.5. The van der Waals surface area contributed by atoms with E-state index in [4.69, 9.17) is 14.2 Å². The molecule has 0 spiro atoms. The van der Waals surface area contributed by atoms with Gasteiger partial charge in [0.1, 0.15) is 34.5 Å². The summed E-state index contributed by atoms with van der Waals surface area (Å²) < 4.78 is 18.5. The predicted molar refractivity (Wildman–Crippen MR) is 285 cm³/mol. The van der Waals surface area contributed by atoms with E-state index in [-0.39, 0.29) is 50.9 Å². The van der Waals surface area contributed by atoms with Gasteiger partial charge in [0.2, 0.25) is 0 Å². The van der Waals surface area contributed by atoms with Gasteiger partial charge in [-0.3, -0.25) is 28.8 Å². The first-order valence-corrected chi connectivity index (χ1v) is 24.5. The van der Waals surface area contributed by atoms with Crippen LogP contribution < -0.4 is 28.9 Å². The van der Waals surface area contributed by atoms with Crippen LogP contribution in [0.1, 0.15) is 125 Å². The van der Waals surface area contributed by atoms with Crippen molar-refractivity contribution in [1.29, 1.82) is 0 Å². The highest BCUT2D eigenvalue weighted by molar-refractivity contribution is 6.37. The quantitative estimate of drug-likeness (QED) is 0.116. The lowest BCUT2D eigenvalue weighted by Crippen LogP contribution is -2.31. The molecule has 12 heteroatoms. The zero-order chi connectivity index (χ0) is 52.7. The fraction of sp³-hybridized carbons (Fsp3) is 0.143. The van der Waals surface area contributed by atoms with Gasteiger partial charge in [0, 0.05) is 5.41 Å². The molecule has 0 aliphatic carbocycles. The van der Waals surface area contributed by atoms with Crippen LogP contribution in [0, 0.1) is 13.8 Å². The summed E-state index contributed by atoms with van der Waals surface area (Å²) in [5, 5.41) is 0. The van der Waals surface area contributed by atoms with Crippen molar-refractivity contribution < 1.29 is 43.0 Å². The number of ether oxygens (including phenoxy) is 3. The van der Waals surface area contributed by atoms with E-state index in [1.807, 2.05) is 105 Å². The molecule has 0 saturated carbocycles.